The Morgan fingerprint density at radius 2 is 1.64 bits per heavy atom. The quantitative estimate of drug-likeness (QED) is 0.191. The highest BCUT2D eigenvalue weighted by molar-refractivity contribution is 7.94. The van der Waals surface area contributed by atoms with Gasteiger partial charge in [0.1, 0.15) is 5.75 Å². The van der Waals surface area contributed by atoms with E-state index < -0.39 is 52.9 Å². The third kappa shape index (κ3) is 6.90. The maximum atomic E-state index is 13.8. The van der Waals surface area contributed by atoms with Crippen molar-refractivity contribution in [3.63, 3.8) is 0 Å². The molecule has 2 aliphatic rings. The summed E-state index contributed by atoms with van der Waals surface area (Å²) in [4.78, 5) is 19.4. The van der Waals surface area contributed by atoms with Gasteiger partial charge in [-0.05, 0) is 75.8 Å². The first kappa shape index (κ1) is 32.6. The highest BCUT2D eigenvalue weighted by Crippen LogP contribution is 2.41. The molecule has 1 aliphatic carbocycles. The van der Waals surface area contributed by atoms with Gasteiger partial charge >= 0.3 is 6.18 Å². The maximum Gasteiger partial charge on any atom is 0.416 e. The third-order valence-corrected chi connectivity index (χ3v) is 12.0. The van der Waals surface area contributed by atoms with Gasteiger partial charge in [-0.3, -0.25) is 4.79 Å². The smallest absolute Gasteiger partial charge is 0.416 e. The molecular formula is C27H32F3NO8S3. The summed E-state index contributed by atoms with van der Waals surface area (Å²) < 4.78 is 102. The SMILES string of the molecule is COOSc1cc(OC2CC2)cc(S(C)(=O)=O)c1C(=O)N1CCC(C(C)(C)S(=O)(=O)c2cccc(C(F)(F)F)c2)CC1. The standard InChI is InChI=1S/C27H32F3NO8S3/c1-26(2,42(35,36)21-7-5-6-18(14-21)27(28,29)30)17-10-12-31(13-11-17)25(32)24-22(40-39-37-3)15-20(38-19-8-9-19)16-23(24)41(4,33)34/h5-7,14-17,19H,8-13H2,1-4H3. The van der Waals surface area contributed by atoms with Crippen LogP contribution in [0.15, 0.2) is 51.1 Å². The molecule has 232 valence electrons. The van der Waals surface area contributed by atoms with Gasteiger partial charge in [0.25, 0.3) is 5.91 Å². The van der Waals surface area contributed by atoms with Crippen LogP contribution in [0.2, 0.25) is 0 Å². The molecule has 0 spiro atoms. The Hall–Kier alpha value is -2.33. The van der Waals surface area contributed by atoms with Crippen molar-refractivity contribution in [3.05, 3.63) is 47.5 Å². The van der Waals surface area contributed by atoms with Crippen molar-refractivity contribution in [1.29, 1.82) is 0 Å². The topological polar surface area (TPSA) is 116 Å². The molecule has 0 aromatic heterocycles. The molecule has 1 saturated carbocycles. The average Bonchev–Trinajstić information content (AvgIpc) is 3.74. The number of ether oxygens (including phenoxy) is 1. The second kappa shape index (κ2) is 12.0. The molecule has 42 heavy (non-hydrogen) atoms. The van der Waals surface area contributed by atoms with E-state index in [0.29, 0.717) is 18.1 Å². The Morgan fingerprint density at radius 3 is 2.19 bits per heavy atom. The van der Waals surface area contributed by atoms with Gasteiger partial charge in [-0.15, -0.1) is 0 Å². The summed E-state index contributed by atoms with van der Waals surface area (Å²) in [5, 5.41) is 0. The highest BCUT2D eigenvalue weighted by atomic mass is 32.2. The molecule has 1 amide bonds. The second-order valence-corrected chi connectivity index (χ2v) is 16.2. The Kier molecular flexibility index (Phi) is 9.30. The predicted octanol–water partition coefficient (Wildman–Crippen LogP) is 5.34. The number of piperidine rings is 1. The minimum Gasteiger partial charge on any atom is -0.490 e. The fourth-order valence-electron chi connectivity index (χ4n) is 4.95. The lowest BCUT2D eigenvalue weighted by molar-refractivity contribution is -0.160. The largest absolute Gasteiger partial charge is 0.490 e. The van der Waals surface area contributed by atoms with Gasteiger partial charge in [0, 0.05) is 19.3 Å². The first-order valence-corrected chi connectivity index (χ1v) is 17.2. The summed E-state index contributed by atoms with van der Waals surface area (Å²) in [6.45, 7) is 3.15. The third-order valence-electron chi connectivity index (χ3n) is 7.60. The predicted molar refractivity (Wildman–Crippen MR) is 148 cm³/mol. The van der Waals surface area contributed by atoms with Crippen LogP contribution in [0, 0.1) is 5.92 Å². The lowest BCUT2D eigenvalue weighted by Gasteiger charge is -2.40. The van der Waals surface area contributed by atoms with E-state index in [2.05, 4.69) is 4.89 Å². The molecule has 2 aromatic carbocycles. The average molecular weight is 652 g/mol. The molecule has 0 bridgehead atoms. The van der Waals surface area contributed by atoms with Crippen LogP contribution in [0.4, 0.5) is 13.2 Å². The zero-order valence-corrected chi connectivity index (χ0v) is 25.9. The summed E-state index contributed by atoms with van der Waals surface area (Å²) in [5.41, 5.74) is -1.17. The lowest BCUT2D eigenvalue weighted by atomic mass is 9.85. The summed E-state index contributed by atoms with van der Waals surface area (Å²) >= 11 is 0.666. The zero-order chi connectivity index (χ0) is 31.1. The Bertz CT molecular complexity index is 1550. The van der Waals surface area contributed by atoms with Crippen molar-refractivity contribution in [2.75, 3.05) is 26.5 Å². The van der Waals surface area contributed by atoms with Crippen LogP contribution < -0.4 is 4.74 Å². The van der Waals surface area contributed by atoms with Gasteiger partial charge in [-0.25, -0.2) is 21.7 Å². The Balaban J connectivity index is 1.59. The minimum atomic E-state index is -4.69. The van der Waals surface area contributed by atoms with Crippen molar-refractivity contribution in [2.45, 2.75) is 71.2 Å². The molecule has 1 saturated heterocycles. The fraction of sp³-hybridized carbons (Fsp3) is 0.519. The van der Waals surface area contributed by atoms with E-state index in [1.807, 2.05) is 0 Å². The van der Waals surface area contributed by atoms with Crippen LogP contribution >= 0.6 is 12.0 Å². The Labute approximate surface area is 247 Å². The lowest BCUT2D eigenvalue weighted by Crippen LogP contribution is -2.48. The van der Waals surface area contributed by atoms with E-state index in [1.165, 1.54) is 38.0 Å². The summed E-state index contributed by atoms with van der Waals surface area (Å²) in [6, 6.07) is 6.50. The molecule has 15 heteroatoms. The van der Waals surface area contributed by atoms with Gasteiger partial charge in [-0.2, -0.15) is 17.5 Å². The second-order valence-electron chi connectivity index (χ2n) is 10.9. The van der Waals surface area contributed by atoms with Crippen molar-refractivity contribution in [3.8, 4) is 5.75 Å². The molecule has 2 fully saturated rings. The van der Waals surface area contributed by atoms with Crippen LogP contribution in [0.5, 0.6) is 5.75 Å². The Morgan fingerprint density at radius 1 is 1.00 bits per heavy atom. The molecule has 2 aromatic rings. The number of amides is 1. The van der Waals surface area contributed by atoms with E-state index in [4.69, 9.17) is 9.07 Å². The molecule has 0 atom stereocenters. The summed E-state index contributed by atoms with van der Waals surface area (Å²) in [5.74, 6) is -0.806. The fourth-order valence-corrected chi connectivity index (χ4v) is 8.32. The molecular weight excluding hydrogens is 619 g/mol. The summed E-state index contributed by atoms with van der Waals surface area (Å²) in [7, 11) is -6.83. The van der Waals surface area contributed by atoms with Crippen LogP contribution in [-0.4, -0.2) is 64.9 Å². The van der Waals surface area contributed by atoms with Crippen molar-refractivity contribution in [2.24, 2.45) is 5.92 Å². The number of carbonyl (C=O) groups is 1. The van der Waals surface area contributed by atoms with E-state index in [9.17, 15) is 34.8 Å². The van der Waals surface area contributed by atoms with E-state index in [0.717, 1.165) is 37.3 Å². The maximum absolute atomic E-state index is 13.8. The van der Waals surface area contributed by atoms with Gasteiger partial charge in [0.15, 0.2) is 19.7 Å². The molecule has 0 N–H and O–H groups in total. The van der Waals surface area contributed by atoms with Crippen LogP contribution in [-0.2, 0) is 35.1 Å². The van der Waals surface area contributed by atoms with E-state index in [1.54, 1.807) is 0 Å². The van der Waals surface area contributed by atoms with Gasteiger partial charge in [-0.1, -0.05) is 6.07 Å². The molecule has 0 radical (unpaired) electrons. The number of halogens is 3. The number of sulfone groups is 2. The van der Waals surface area contributed by atoms with Crippen LogP contribution in [0.25, 0.3) is 0 Å². The number of rotatable bonds is 10. The summed E-state index contributed by atoms with van der Waals surface area (Å²) in [6.07, 6.45) is -1.62. The van der Waals surface area contributed by atoms with Crippen LogP contribution in [0.1, 0.15) is 55.5 Å². The number of likely N-dealkylation sites (tertiary alicyclic amines) is 1. The van der Waals surface area contributed by atoms with Crippen LogP contribution in [0.3, 0.4) is 0 Å². The molecule has 1 heterocycles. The number of hydrogen-bond donors (Lipinski definition) is 0. The van der Waals surface area contributed by atoms with E-state index in [-0.39, 0.29) is 53.1 Å². The number of carbonyl (C=O) groups excluding carboxylic acids is 1. The monoisotopic (exact) mass is 651 g/mol. The normalized spacial score (nSPS) is 17.4. The van der Waals surface area contributed by atoms with Gasteiger partial charge < -0.3 is 9.64 Å². The zero-order valence-electron chi connectivity index (χ0n) is 23.4. The van der Waals surface area contributed by atoms with Crippen molar-refractivity contribution < 1.29 is 48.8 Å². The van der Waals surface area contributed by atoms with Crippen molar-refractivity contribution >= 4 is 37.6 Å². The number of benzene rings is 2. The first-order chi connectivity index (χ1) is 19.5. The molecule has 9 nitrogen and oxygen atoms in total. The molecule has 1 aliphatic heterocycles. The minimum absolute atomic E-state index is 0.0326. The van der Waals surface area contributed by atoms with Gasteiger partial charge in [0.05, 0.1) is 55.8 Å². The van der Waals surface area contributed by atoms with E-state index >= 15 is 0 Å². The number of alkyl halides is 3. The number of nitrogens with zero attached hydrogens (tertiary/aromatic N) is 1. The first-order valence-electron chi connectivity index (χ1n) is 13.1. The van der Waals surface area contributed by atoms with Gasteiger partial charge in [0.2, 0.25) is 0 Å². The number of hydrogen-bond acceptors (Lipinski definition) is 9. The molecule has 0 unspecified atom stereocenters. The molecule has 4 rings (SSSR count). The highest BCUT2D eigenvalue weighted by Gasteiger charge is 2.45. The van der Waals surface area contributed by atoms with Crippen molar-refractivity contribution in [1.82, 2.24) is 4.90 Å².